The molecule has 0 radical (unpaired) electrons. The molecule has 1 heterocycles. The second kappa shape index (κ2) is 5.57. The van der Waals surface area contributed by atoms with Crippen LogP contribution in [-0.2, 0) is 4.79 Å². The number of carbonyl (C=O) groups is 1. The lowest BCUT2D eigenvalue weighted by molar-refractivity contribution is -0.419. The zero-order valence-electron chi connectivity index (χ0n) is 11.0. The van der Waals surface area contributed by atoms with Gasteiger partial charge in [-0.2, -0.15) is 5.10 Å². The molecule has 0 saturated carbocycles. The molecule has 1 aliphatic carbocycles. The predicted molar refractivity (Wildman–Crippen MR) is 84.9 cm³/mol. The van der Waals surface area contributed by atoms with Gasteiger partial charge in [-0.3, -0.25) is 20.0 Å². The minimum absolute atomic E-state index is 0.148. The molecule has 3 rings (SSSR count). The maximum atomic E-state index is 12.0. The van der Waals surface area contributed by atoms with Crippen LogP contribution in [0.2, 0.25) is 0 Å². The number of Topliss-reactive ketones (excluding diaryl/α,β-unsaturated/α-hetero) is 1. The second-order valence-electron chi connectivity index (χ2n) is 4.56. The van der Waals surface area contributed by atoms with Crippen molar-refractivity contribution in [3.8, 4) is 0 Å². The van der Waals surface area contributed by atoms with E-state index in [1.54, 1.807) is 6.20 Å². The van der Waals surface area contributed by atoms with Crippen molar-refractivity contribution in [1.82, 2.24) is 10.2 Å². The number of rotatable bonds is 3. The predicted octanol–water partition coefficient (Wildman–Crippen LogP) is 2.88. The summed E-state index contributed by atoms with van der Waals surface area (Å²) in [5, 5.41) is 21.5. The van der Waals surface area contributed by atoms with Gasteiger partial charge in [0, 0.05) is 35.0 Å². The Kier molecular flexibility index (Phi) is 3.60. The number of halogens is 1. The van der Waals surface area contributed by atoms with Gasteiger partial charge in [0.15, 0.2) is 0 Å². The minimum Gasteiger partial charge on any atom is -0.361 e. The van der Waals surface area contributed by atoms with E-state index in [0.29, 0.717) is 0 Å². The van der Waals surface area contributed by atoms with E-state index in [2.05, 4.69) is 31.4 Å². The van der Waals surface area contributed by atoms with E-state index < -0.39 is 4.92 Å². The van der Waals surface area contributed by atoms with Crippen molar-refractivity contribution < 1.29 is 9.72 Å². The first-order valence-corrected chi connectivity index (χ1v) is 7.02. The first-order chi connectivity index (χ1) is 10.5. The highest BCUT2D eigenvalue weighted by atomic mass is 79.9. The molecule has 0 spiro atoms. The van der Waals surface area contributed by atoms with Gasteiger partial charge in [0.25, 0.3) is 5.70 Å². The average Bonchev–Trinajstić information content (AvgIpc) is 2.95. The first-order valence-electron chi connectivity index (χ1n) is 6.22. The van der Waals surface area contributed by atoms with Crippen molar-refractivity contribution >= 4 is 38.3 Å². The van der Waals surface area contributed by atoms with Crippen LogP contribution >= 0.6 is 15.9 Å². The summed E-state index contributed by atoms with van der Waals surface area (Å²) in [5.41, 5.74) is 1.70. The number of aromatic amines is 1. The monoisotopic (exact) mass is 360 g/mol. The molecular formula is C14H9BrN4O3. The lowest BCUT2D eigenvalue weighted by Gasteiger charge is -2.08. The number of ketones is 1. The highest BCUT2D eigenvalue weighted by molar-refractivity contribution is 9.12. The van der Waals surface area contributed by atoms with E-state index in [1.165, 1.54) is 18.4 Å². The van der Waals surface area contributed by atoms with Crippen molar-refractivity contribution in [2.24, 2.45) is 0 Å². The molecule has 0 aliphatic heterocycles. The van der Waals surface area contributed by atoms with Gasteiger partial charge < -0.3 is 5.32 Å². The lowest BCUT2D eigenvalue weighted by atomic mass is 10.1. The molecule has 2 N–H and O–H groups in total. The summed E-state index contributed by atoms with van der Waals surface area (Å²) in [4.78, 5) is 22.3. The zero-order valence-corrected chi connectivity index (χ0v) is 12.6. The van der Waals surface area contributed by atoms with Gasteiger partial charge >= 0.3 is 0 Å². The van der Waals surface area contributed by atoms with Crippen molar-refractivity contribution in [3.63, 3.8) is 0 Å². The normalized spacial score (nSPS) is 16.6. The molecule has 1 aromatic carbocycles. The lowest BCUT2D eigenvalue weighted by Crippen LogP contribution is -2.11. The molecule has 0 fully saturated rings. The Labute approximate surface area is 132 Å². The van der Waals surface area contributed by atoms with Gasteiger partial charge in [-0.05, 0) is 34.1 Å². The van der Waals surface area contributed by atoms with Crippen molar-refractivity contribution in [2.75, 3.05) is 5.32 Å². The number of hydrogen-bond donors (Lipinski definition) is 2. The largest absolute Gasteiger partial charge is 0.361 e. The Hall–Kier alpha value is -2.74. The third-order valence-corrected chi connectivity index (χ3v) is 3.69. The van der Waals surface area contributed by atoms with Crippen LogP contribution in [0.4, 0.5) is 5.69 Å². The Morgan fingerprint density at radius 2 is 2.18 bits per heavy atom. The summed E-state index contributed by atoms with van der Waals surface area (Å²) in [6.45, 7) is 0. The maximum Gasteiger partial charge on any atom is 0.271 e. The quantitative estimate of drug-likeness (QED) is 0.497. The van der Waals surface area contributed by atoms with Crippen LogP contribution in [0.15, 0.2) is 58.5 Å². The van der Waals surface area contributed by atoms with Gasteiger partial charge in [-0.1, -0.05) is 0 Å². The van der Waals surface area contributed by atoms with Gasteiger partial charge in [-0.15, -0.1) is 0 Å². The number of nitrogens with one attached hydrogen (secondary N) is 2. The van der Waals surface area contributed by atoms with E-state index in [0.717, 1.165) is 16.6 Å². The van der Waals surface area contributed by atoms with Gasteiger partial charge in [0.05, 0.1) is 21.1 Å². The Balaban J connectivity index is 1.89. The Bertz CT molecular complexity index is 879. The summed E-state index contributed by atoms with van der Waals surface area (Å²) < 4.78 is 0.153. The number of H-pyrrole nitrogens is 1. The number of fused-ring (bicyclic) bond motifs is 1. The smallest absolute Gasteiger partial charge is 0.271 e. The summed E-state index contributed by atoms with van der Waals surface area (Å²) in [6.07, 6.45) is 5.55. The fourth-order valence-corrected chi connectivity index (χ4v) is 2.47. The molecule has 1 aromatic heterocycles. The molecular weight excluding hydrogens is 352 g/mol. The van der Waals surface area contributed by atoms with Crippen LogP contribution in [0, 0.1) is 10.1 Å². The number of allylic oxidation sites excluding steroid dienone is 4. The molecule has 0 bridgehead atoms. The number of benzene rings is 1. The second-order valence-corrected chi connectivity index (χ2v) is 5.42. The molecule has 0 amide bonds. The molecule has 1 aliphatic rings. The van der Waals surface area contributed by atoms with Crippen molar-refractivity contribution in [1.29, 1.82) is 0 Å². The van der Waals surface area contributed by atoms with Gasteiger partial charge in [0.1, 0.15) is 0 Å². The first kappa shape index (κ1) is 14.2. The summed E-state index contributed by atoms with van der Waals surface area (Å²) in [6, 6.07) is 5.51. The van der Waals surface area contributed by atoms with Gasteiger partial charge in [-0.25, -0.2) is 0 Å². The van der Waals surface area contributed by atoms with Crippen LogP contribution in [0.1, 0.15) is 0 Å². The van der Waals surface area contributed by atoms with Crippen molar-refractivity contribution in [2.45, 2.75) is 0 Å². The van der Waals surface area contributed by atoms with Gasteiger partial charge in [0.2, 0.25) is 5.78 Å². The van der Waals surface area contributed by atoms with Crippen LogP contribution in [0.25, 0.3) is 10.9 Å². The topological polar surface area (TPSA) is 101 Å². The summed E-state index contributed by atoms with van der Waals surface area (Å²) in [7, 11) is 0. The third-order valence-electron chi connectivity index (χ3n) is 3.10. The molecule has 8 heteroatoms. The third kappa shape index (κ3) is 2.68. The minimum atomic E-state index is -0.543. The zero-order chi connectivity index (χ0) is 15.7. The molecule has 110 valence electrons. The molecule has 0 unspecified atom stereocenters. The van der Waals surface area contributed by atoms with E-state index in [1.807, 2.05) is 18.2 Å². The number of nitro groups is 1. The number of hydrogen-bond acceptors (Lipinski definition) is 5. The Morgan fingerprint density at radius 3 is 2.95 bits per heavy atom. The highest BCUT2D eigenvalue weighted by Crippen LogP contribution is 2.24. The molecule has 2 aromatic rings. The van der Waals surface area contributed by atoms with E-state index in [9.17, 15) is 14.9 Å². The number of aromatic nitrogens is 2. The standard InChI is InChI=1S/C14H9BrN4O3/c15-12-5-11(19(21)22)4-9(14(12)20)6-16-10-1-2-13-8(3-10)7-17-18-13/h1-7,16H,(H,17,18). The highest BCUT2D eigenvalue weighted by Gasteiger charge is 2.23. The van der Waals surface area contributed by atoms with Crippen LogP contribution in [-0.4, -0.2) is 20.9 Å². The number of nitrogens with zero attached hydrogens (tertiary/aromatic N) is 2. The molecule has 7 nitrogen and oxygen atoms in total. The molecule has 22 heavy (non-hydrogen) atoms. The van der Waals surface area contributed by atoms with E-state index >= 15 is 0 Å². The SMILES string of the molecule is O=C1C(Br)=CC([N+](=O)[O-])=CC1=CNc1ccc2[nH]ncc2c1. The number of carbonyl (C=O) groups excluding carboxylic acids is 1. The Morgan fingerprint density at radius 1 is 1.36 bits per heavy atom. The van der Waals surface area contributed by atoms with Crippen LogP contribution in [0.3, 0.4) is 0 Å². The van der Waals surface area contributed by atoms with E-state index in [4.69, 9.17) is 0 Å². The fraction of sp³-hybridized carbons (Fsp3) is 0. The van der Waals surface area contributed by atoms with Crippen molar-refractivity contribution in [3.05, 3.63) is 68.6 Å². The summed E-state index contributed by atoms with van der Waals surface area (Å²) in [5.74, 6) is -0.317. The molecule has 0 saturated heterocycles. The number of anilines is 1. The summed E-state index contributed by atoms with van der Waals surface area (Å²) >= 11 is 3.04. The fourth-order valence-electron chi connectivity index (χ4n) is 2.01. The maximum absolute atomic E-state index is 12.0. The van der Waals surface area contributed by atoms with E-state index in [-0.39, 0.29) is 21.5 Å². The molecule has 0 atom stereocenters. The van der Waals surface area contributed by atoms with Crippen LogP contribution in [0.5, 0.6) is 0 Å². The van der Waals surface area contributed by atoms with Crippen LogP contribution < -0.4 is 5.32 Å². The average molecular weight is 361 g/mol.